The van der Waals surface area contributed by atoms with E-state index in [-0.39, 0.29) is 24.5 Å². The number of amides is 1. The fraction of sp³-hybridized carbons (Fsp3) is 0.273. The molecule has 1 aliphatic rings. The Kier molecular flexibility index (Phi) is 5.80. The minimum absolute atomic E-state index is 0.0678. The smallest absolute Gasteiger partial charge is 0.295 e. The predicted molar refractivity (Wildman–Crippen MR) is 105 cm³/mol. The highest BCUT2D eigenvalue weighted by Gasteiger charge is 2.45. The third-order valence-corrected chi connectivity index (χ3v) is 4.81. The van der Waals surface area contributed by atoms with E-state index >= 15 is 0 Å². The van der Waals surface area contributed by atoms with Crippen LogP contribution in [0.15, 0.2) is 54.1 Å². The molecule has 0 spiro atoms. The zero-order chi connectivity index (χ0) is 20.3. The number of hydrogen-bond donors (Lipinski definition) is 1. The largest absolute Gasteiger partial charge is 0.507 e. The maximum atomic E-state index is 12.8. The van der Waals surface area contributed by atoms with E-state index in [9.17, 15) is 14.7 Å². The second kappa shape index (κ2) is 8.27. The first-order valence-corrected chi connectivity index (χ1v) is 8.96. The number of carbonyl (C=O) groups is 2. The summed E-state index contributed by atoms with van der Waals surface area (Å²) >= 11 is 0. The molecule has 6 heteroatoms. The van der Waals surface area contributed by atoms with Crippen molar-refractivity contribution in [2.75, 3.05) is 27.4 Å². The van der Waals surface area contributed by atoms with E-state index in [1.807, 2.05) is 19.1 Å². The van der Waals surface area contributed by atoms with Crippen molar-refractivity contribution in [1.29, 1.82) is 0 Å². The van der Waals surface area contributed by atoms with Gasteiger partial charge in [0.15, 0.2) is 0 Å². The van der Waals surface area contributed by atoms with E-state index in [0.717, 1.165) is 5.56 Å². The third kappa shape index (κ3) is 3.64. The molecule has 1 saturated heterocycles. The zero-order valence-electron chi connectivity index (χ0n) is 16.1. The summed E-state index contributed by atoms with van der Waals surface area (Å²) in [6, 6.07) is 13.6. The number of hydrogen-bond acceptors (Lipinski definition) is 5. The molecule has 0 saturated carbocycles. The number of ketones is 1. The van der Waals surface area contributed by atoms with E-state index in [4.69, 9.17) is 9.47 Å². The average Bonchev–Trinajstić information content (AvgIpc) is 2.97. The van der Waals surface area contributed by atoms with Crippen LogP contribution in [0.25, 0.3) is 5.76 Å². The lowest BCUT2D eigenvalue weighted by Crippen LogP contribution is -2.32. The number of Topliss-reactive ketones (excluding diaryl/α,β-unsaturated/α-hetero) is 1. The lowest BCUT2D eigenvalue weighted by atomic mass is 9.95. The molecule has 3 rings (SSSR count). The average molecular weight is 381 g/mol. The van der Waals surface area contributed by atoms with Crippen LogP contribution >= 0.6 is 0 Å². The van der Waals surface area contributed by atoms with Gasteiger partial charge in [0.05, 0.1) is 25.3 Å². The highest BCUT2D eigenvalue weighted by molar-refractivity contribution is 6.46. The number of aliphatic hydroxyl groups excluding tert-OH is 1. The Morgan fingerprint density at radius 2 is 1.82 bits per heavy atom. The minimum atomic E-state index is -0.716. The highest BCUT2D eigenvalue weighted by Crippen LogP contribution is 2.40. The standard InChI is InChI=1S/C22H23NO5/c1-14-7-9-15(10-8-14)20(24)18-19(16-5-4-6-17(13-16)28-3)23(11-12-27-2)22(26)21(18)25/h4-10,13,19,24H,11-12H2,1-3H3/b20-18-. The number of carbonyl (C=O) groups excluding carboxylic acids is 2. The van der Waals surface area contributed by atoms with Gasteiger partial charge in [-0.2, -0.15) is 0 Å². The third-order valence-electron chi connectivity index (χ3n) is 4.81. The summed E-state index contributed by atoms with van der Waals surface area (Å²) in [5.41, 5.74) is 2.27. The Bertz CT molecular complexity index is 917. The van der Waals surface area contributed by atoms with Crippen molar-refractivity contribution >= 4 is 17.4 Å². The first kappa shape index (κ1) is 19.6. The van der Waals surface area contributed by atoms with Gasteiger partial charge < -0.3 is 19.5 Å². The fourth-order valence-corrected chi connectivity index (χ4v) is 3.33. The van der Waals surface area contributed by atoms with Crippen LogP contribution in [-0.2, 0) is 14.3 Å². The van der Waals surface area contributed by atoms with Crippen LogP contribution in [0.4, 0.5) is 0 Å². The van der Waals surface area contributed by atoms with Crippen molar-refractivity contribution in [3.05, 3.63) is 70.8 Å². The summed E-state index contributed by atoms with van der Waals surface area (Å²) < 4.78 is 10.4. The molecule has 1 amide bonds. The number of nitrogens with zero attached hydrogens (tertiary/aromatic N) is 1. The van der Waals surface area contributed by atoms with Crippen molar-refractivity contribution in [2.45, 2.75) is 13.0 Å². The fourth-order valence-electron chi connectivity index (χ4n) is 3.33. The highest BCUT2D eigenvalue weighted by atomic mass is 16.5. The number of aryl methyl sites for hydroxylation is 1. The van der Waals surface area contributed by atoms with E-state index in [1.54, 1.807) is 43.5 Å². The van der Waals surface area contributed by atoms with E-state index < -0.39 is 17.7 Å². The maximum Gasteiger partial charge on any atom is 0.295 e. The Labute approximate surface area is 164 Å². The predicted octanol–water partition coefficient (Wildman–Crippen LogP) is 3.07. The minimum Gasteiger partial charge on any atom is -0.507 e. The van der Waals surface area contributed by atoms with Crippen molar-refractivity contribution in [3.63, 3.8) is 0 Å². The Morgan fingerprint density at radius 3 is 2.46 bits per heavy atom. The van der Waals surface area contributed by atoms with Gasteiger partial charge in [-0.1, -0.05) is 42.0 Å². The Balaban J connectivity index is 2.16. The summed E-state index contributed by atoms with van der Waals surface area (Å²) in [6.07, 6.45) is 0. The second-order valence-corrected chi connectivity index (χ2v) is 6.63. The van der Waals surface area contributed by atoms with Crippen molar-refractivity contribution in [2.24, 2.45) is 0 Å². The molecule has 1 heterocycles. The van der Waals surface area contributed by atoms with Gasteiger partial charge in [-0.25, -0.2) is 0 Å². The number of methoxy groups -OCH3 is 2. The normalized spacial score (nSPS) is 18.5. The molecule has 28 heavy (non-hydrogen) atoms. The van der Waals surface area contributed by atoms with E-state index in [0.29, 0.717) is 16.9 Å². The summed E-state index contributed by atoms with van der Waals surface area (Å²) in [7, 11) is 3.08. The van der Waals surface area contributed by atoms with Crippen LogP contribution in [0, 0.1) is 6.92 Å². The molecule has 0 aliphatic carbocycles. The SMILES string of the molecule is COCCN1C(=O)C(=O)/C(=C(\O)c2ccc(C)cc2)C1c1cccc(OC)c1. The topological polar surface area (TPSA) is 76.1 Å². The van der Waals surface area contributed by atoms with E-state index in [2.05, 4.69) is 0 Å². The van der Waals surface area contributed by atoms with E-state index in [1.165, 1.54) is 12.0 Å². The van der Waals surface area contributed by atoms with Crippen LogP contribution in [0.5, 0.6) is 5.75 Å². The number of ether oxygens (including phenoxy) is 2. The first-order chi connectivity index (χ1) is 13.5. The lowest BCUT2D eigenvalue weighted by molar-refractivity contribution is -0.140. The number of benzene rings is 2. The summed E-state index contributed by atoms with van der Waals surface area (Å²) in [6.45, 7) is 2.44. The van der Waals surface area contributed by atoms with Gasteiger partial charge in [-0.15, -0.1) is 0 Å². The monoisotopic (exact) mass is 381 g/mol. The van der Waals surface area contributed by atoms with Crippen molar-refractivity contribution < 1.29 is 24.2 Å². The molecule has 1 aliphatic heterocycles. The van der Waals surface area contributed by atoms with Gasteiger partial charge in [0.2, 0.25) is 0 Å². The molecule has 1 N–H and O–H groups in total. The van der Waals surface area contributed by atoms with Crippen LogP contribution < -0.4 is 4.74 Å². The molecule has 2 aromatic carbocycles. The molecule has 2 aromatic rings. The van der Waals surface area contributed by atoms with Gasteiger partial charge in [-0.3, -0.25) is 9.59 Å². The summed E-state index contributed by atoms with van der Waals surface area (Å²) in [4.78, 5) is 26.9. The lowest BCUT2D eigenvalue weighted by Gasteiger charge is -2.25. The summed E-state index contributed by atoms with van der Waals surface area (Å²) in [5.74, 6) is -0.947. The number of likely N-dealkylation sites (tertiary alicyclic amines) is 1. The van der Waals surface area contributed by atoms with Gasteiger partial charge in [-0.05, 0) is 24.6 Å². The molecule has 0 radical (unpaired) electrons. The van der Waals surface area contributed by atoms with Crippen molar-refractivity contribution in [3.8, 4) is 5.75 Å². The van der Waals surface area contributed by atoms with Gasteiger partial charge in [0.1, 0.15) is 11.5 Å². The van der Waals surface area contributed by atoms with Crippen molar-refractivity contribution in [1.82, 2.24) is 4.90 Å². The molecule has 0 bridgehead atoms. The first-order valence-electron chi connectivity index (χ1n) is 8.96. The zero-order valence-corrected chi connectivity index (χ0v) is 16.1. The number of rotatable bonds is 6. The molecule has 1 fully saturated rings. The van der Waals surface area contributed by atoms with Crippen LogP contribution in [0.1, 0.15) is 22.7 Å². The maximum absolute atomic E-state index is 12.8. The van der Waals surface area contributed by atoms with Gasteiger partial charge in [0.25, 0.3) is 11.7 Å². The van der Waals surface area contributed by atoms with Gasteiger partial charge >= 0.3 is 0 Å². The molecule has 1 unspecified atom stereocenters. The van der Waals surface area contributed by atoms with Crippen LogP contribution in [0.3, 0.4) is 0 Å². The molecular formula is C22H23NO5. The van der Waals surface area contributed by atoms with Gasteiger partial charge in [0, 0.05) is 19.2 Å². The molecule has 6 nitrogen and oxygen atoms in total. The Morgan fingerprint density at radius 1 is 1.11 bits per heavy atom. The quantitative estimate of drug-likeness (QED) is 0.473. The number of aliphatic hydroxyl groups is 1. The molecule has 1 atom stereocenters. The Hall–Kier alpha value is -3.12. The molecule has 0 aromatic heterocycles. The summed E-state index contributed by atoms with van der Waals surface area (Å²) in [5, 5.41) is 10.9. The second-order valence-electron chi connectivity index (χ2n) is 6.63. The molecular weight excluding hydrogens is 358 g/mol. The molecule has 146 valence electrons. The van der Waals surface area contributed by atoms with Crippen LogP contribution in [-0.4, -0.2) is 49.1 Å². The van der Waals surface area contributed by atoms with Crippen LogP contribution in [0.2, 0.25) is 0 Å².